The summed E-state index contributed by atoms with van der Waals surface area (Å²) in [6, 6.07) is 9.58. The van der Waals surface area contributed by atoms with E-state index >= 15 is 0 Å². The molecule has 88 valence electrons. The number of esters is 1. The van der Waals surface area contributed by atoms with Gasteiger partial charge < -0.3 is 17.1 Å². The molecule has 0 atom stereocenters. The van der Waals surface area contributed by atoms with Crippen molar-refractivity contribution < 1.29 is 49.6 Å². The van der Waals surface area contributed by atoms with Crippen LogP contribution in [0.1, 0.15) is 26.3 Å². The molecule has 4 heteroatoms. The van der Waals surface area contributed by atoms with Crippen molar-refractivity contribution in [2.45, 2.75) is 20.8 Å². The summed E-state index contributed by atoms with van der Waals surface area (Å²) in [5, 5.41) is 0. The SMILES string of the molecule is CC(=[C]c1ccccc1)OC(=O)C(C)C.[Cl-].[Hg+]. The van der Waals surface area contributed by atoms with Crippen LogP contribution in [-0.4, -0.2) is 5.97 Å². The topological polar surface area (TPSA) is 26.3 Å². The average molecular weight is 439 g/mol. The molecule has 2 radical (unpaired) electrons. The van der Waals surface area contributed by atoms with E-state index in [0.29, 0.717) is 5.76 Å². The first-order valence-electron chi connectivity index (χ1n) is 4.97. The van der Waals surface area contributed by atoms with Gasteiger partial charge in [-0.25, -0.2) is 0 Å². The van der Waals surface area contributed by atoms with E-state index < -0.39 is 0 Å². The number of hydrogen-bond acceptors (Lipinski definition) is 2. The van der Waals surface area contributed by atoms with E-state index in [1.807, 2.05) is 30.3 Å². The Balaban J connectivity index is 0. The molecule has 1 aromatic carbocycles. The molecule has 0 aliphatic heterocycles. The summed E-state index contributed by atoms with van der Waals surface area (Å²) in [5.74, 6) is 0.161. The third kappa shape index (κ3) is 7.56. The van der Waals surface area contributed by atoms with Gasteiger partial charge in [-0.3, -0.25) is 4.79 Å². The van der Waals surface area contributed by atoms with Crippen LogP contribution < -0.4 is 12.4 Å². The van der Waals surface area contributed by atoms with Gasteiger partial charge in [0.1, 0.15) is 5.76 Å². The molecule has 17 heavy (non-hydrogen) atoms. The molecule has 0 aliphatic rings. The van der Waals surface area contributed by atoms with Crippen molar-refractivity contribution in [1.82, 2.24) is 0 Å². The van der Waals surface area contributed by atoms with Crippen LogP contribution in [0.2, 0.25) is 0 Å². The van der Waals surface area contributed by atoms with Crippen LogP contribution in [0.4, 0.5) is 0 Å². The third-order valence-corrected chi connectivity index (χ3v) is 1.82. The fourth-order valence-corrected chi connectivity index (χ4v) is 1.02. The van der Waals surface area contributed by atoms with Gasteiger partial charge in [0.15, 0.2) is 0 Å². The molecule has 0 unspecified atom stereocenters. The number of carbonyl (C=O) groups excluding carboxylic acids is 1. The molecule has 0 bridgehead atoms. The zero-order valence-corrected chi connectivity index (χ0v) is 16.6. The molecule has 0 aromatic heterocycles. The summed E-state index contributed by atoms with van der Waals surface area (Å²) in [5.41, 5.74) is 0.909. The Morgan fingerprint density at radius 3 is 2.24 bits per heavy atom. The molecule has 0 spiro atoms. The van der Waals surface area contributed by atoms with E-state index in [1.54, 1.807) is 20.8 Å². The maximum absolute atomic E-state index is 11.3. The van der Waals surface area contributed by atoms with Gasteiger partial charge in [-0.1, -0.05) is 44.2 Å². The largest absolute Gasteiger partial charge is 1.00 e. The standard InChI is InChI=1S/C13H15O2.ClH.Hg/c1-10(2)13(14)15-11(3)9-12-7-5-4-6-8-12;;/h4-8,10H,1-3H3;1H;/q;;+1/p-1. The Morgan fingerprint density at radius 1 is 1.24 bits per heavy atom. The Labute approximate surface area is 129 Å². The number of ether oxygens (including phenoxy) is 1. The van der Waals surface area contributed by atoms with Crippen molar-refractivity contribution in [1.29, 1.82) is 0 Å². The first-order valence-corrected chi connectivity index (χ1v) is 4.97. The van der Waals surface area contributed by atoms with Crippen LogP contribution in [0, 0.1) is 12.0 Å². The first kappa shape index (κ1) is 19.0. The van der Waals surface area contributed by atoms with Crippen molar-refractivity contribution in [2.75, 3.05) is 0 Å². The summed E-state index contributed by atoms with van der Waals surface area (Å²) in [4.78, 5) is 11.3. The summed E-state index contributed by atoms with van der Waals surface area (Å²) >= 11 is 0. The molecular weight excluding hydrogens is 424 g/mol. The predicted octanol–water partition coefficient (Wildman–Crippen LogP) is -0.0576. The summed E-state index contributed by atoms with van der Waals surface area (Å²) in [7, 11) is 0. The quantitative estimate of drug-likeness (QED) is 0.375. The van der Waals surface area contributed by atoms with Gasteiger partial charge in [-0.2, -0.15) is 0 Å². The number of carbonyl (C=O) groups is 1. The molecule has 1 aromatic rings. The molecule has 0 aliphatic carbocycles. The monoisotopic (exact) mass is 440 g/mol. The van der Waals surface area contributed by atoms with Crippen LogP contribution >= 0.6 is 0 Å². The maximum atomic E-state index is 11.3. The van der Waals surface area contributed by atoms with E-state index in [4.69, 9.17) is 4.74 Å². The minimum Gasteiger partial charge on any atom is -1.00 e. The Hall–Kier alpha value is -0.345. The van der Waals surface area contributed by atoms with Gasteiger partial charge in [0.2, 0.25) is 0 Å². The van der Waals surface area contributed by atoms with E-state index in [2.05, 4.69) is 6.08 Å². The fourth-order valence-electron chi connectivity index (χ4n) is 1.02. The third-order valence-electron chi connectivity index (χ3n) is 1.82. The second-order valence-corrected chi connectivity index (χ2v) is 3.62. The van der Waals surface area contributed by atoms with E-state index in [0.717, 1.165) is 5.56 Å². The normalized spacial score (nSPS) is 10.2. The first-order chi connectivity index (χ1) is 7.09. The van der Waals surface area contributed by atoms with Crippen LogP contribution in [0.25, 0.3) is 0 Å². The maximum Gasteiger partial charge on any atom is 1.00 e. The van der Waals surface area contributed by atoms with Crippen molar-refractivity contribution in [3.05, 3.63) is 47.7 Å². The second kappa shape index (κ2) is 9.66. The van der Waals surface area contributed by atoms with Crippen LogP contribution in [0.15, 0.2) is 36.1 Å². The zero-order valence-electron chi connectivity index (χ0n) is 10.4. The average Bonchev–Trinajstić information content (AvgIpc) is 2.18. The molecular formula is C13H15ClHgO2. The molecule has 0 heterocycles. The van der Waals surface area contributed by atoms with Crippen molar-refractivity contribution in [3.8, 4) is 0 Å². The predicted molar refractivity (Wildman–Crippen MR) is 58.9 cm³/mol. The Bertz CT molecular complexity index is 361. The second-order valence-electron chi connectivity index (χ2n) is 3.62. The van der Waals surface area contributed by atoms with Gasteiger partial charge in [0, 0.05) is 6.08 Å². The Morgan fingerprint density at radius 2 is 1.76 bits per heavy atom. The minimum absolute atomic E-state index is 0. The zero-order chi connectivity index (χ0) is 11.3. The van der Waals surface area contributed by atoms with Crippen LogP contribution in [-0.2, 0) is 37.2 Å². The van der Waals surface area contributed by atoms with Crippen molar-refractivity contribution in [3.63, 3.8) is 0 Å². The summed E-state index contributed by atoms with van der Waals surface area (Å²) < 4.78 is 5.08. The number of hydrogen-bond donors (Lipinski definition) is 0. The number of allylic oxidation sites excluding steroid dienone is 1. The van der Waals surface area contributed by atoms with Crippen LogP contribution in [0.5, 0.6) is 0 Å². The number of benzene rings is 1. The van der Waals surface area contributed by atoms with Crippen molar-refractivity contribution in [2.24, 2.45) is 5.92 Å². The van der Waals surface area contributed by atoms with Gasteiger partial charge in [-0.05, 0) is 12.5 Å². The number of rotatable bonds is 3. The molecule has 2 nitrogen and oxygen atoms in total. The minimum atomic E-state index is -0.226. The smallest absolute Gasteiger partial charge is 1.00 e. The van der Waals surface area contributed by atoms with Gasteiger partial charge in [0.05, 0.1) is 5.92 Å². The fraction of sp³-hybridized carbons (Fsp3) is 0.308. The molecule has 0 fully saturated rings. The molecule has 0 saturated heterocycles. The number of halogens is 1. The van der Waals surface area contributed by atoms with Gasteiger partial charge >= 0.3 is 33.6 Å². The van der Waals surface area contributed by atoms with Gasteiger partial charge in [-0.15, -0.1) is 0 Å². The molecule has 0 saturated carbocycles. The Kier molecular flexibility index (Phi) is 10.8. The summed E-state index contributed by atoms with van der Waals surface area (Å²) in [6.45, 7) is 5.34. The molecule has 0 amide bonds. The van der Waals surface area contributed by atoms with E-state index in [1.165, 1.54) is 0 Å². The van der Waals surface area contributed by atoms with Gasteiger partial charge in [0.25, 0.3) is 0 Å². The van der Waals surface area contributed by atoms with Crippen LogP contribution in [0.3, 0.4) is 0 Å². The molecule has 1 rings (SSSR count). The molecule has 0 N–H and O–H groups in total. The van der Waals surface area contributed by atoms with Crippen molar-refractivity contribution >= 4 is 5.97 Å². The van der Waals surface area contributed by atoms with E-state index in [9.17, 15) is 4.79 Å². The summed E-state index contributed by atoms with van der Waals surface area (Å²) in [6.07, 6.45) is 3.00. The van der Waals surface area contributed by atoms with E-state index in [-0.39, 0.29) is 52.0 Å².